The lowest BCUT2D eigenvalue weighted by Gasteiger charge is -2.15. The zero-order chi connectivity index (χ0) is 10.7. The molecule has 0 amide bonds. The smallest absolute Gasteiger partial charge is 0.359 e. The van der Waals surface area contributed by atoms with Crippen LogP contribution in [0.15, 0.2) is 30.3 Å². The molecule has 0 saturated carbocycles. The Morgan fingerprint density at radius 3 is 2.73 bits per heavy atom. The number of hydrogen-bond acceptors (Lipinski definition) is 3. The predicted molar refractivity (Wildman–Crippen MR) is 56.2 cm³/mol. The molecule has 0 spiro atoms. The Labute approximate surface area is 88.4 Å². The van der Waals surface area contributed by atoms with Crippen molar-refractivity contribution >= 4 is 12.9 Å². The molecule has 2 atom stereocenters. The molecule has 15 heavy (non-hydrogen) atoms. The largest absolute Gasteiger partial charge is 0.379 e. The average molecular weight is 228 g/mol. The van der Waals surface area contributed by atoms with Crippen LogP contribution in [0.25, 0.3) is 0 Å². The Morgan fingerprint density at radius 2 is 2.13 bits per heavy atom. The van der Waals surface area contributed by atoms with Gasteiger partial charge in [-0.3, -0.25) is 9.09 Å². The highest BCUT2D eigenvalue weighted by Crippen LogP contribution is 2.43. The van der Waals surface area contributed by atoms with E-state index in [1.165, 1.54) is 0 Å². The fourth-order valence-corrected chi connectivity index (χ4v) is 2.72. The summed E-state index contributed by atoms with van der Waals surface area (Å²) in [5, 5.41) is 0.330. The van der Waals surface area contributed by atoms with E-state index in [9.17, 15) is 9.46 Å². The quantitative estimate of drug-likeness (QED) is 0.792. The lowest BCUT2D eigenvalue weighted by Crippen LogP contribution is -2.15. The van der Waals surface area contributed by atoms with Crippen LogP contribution in [0.3, 0.4) is 0 Å². The maximum absolute atomic E-state index is 11.8. The van der Waals surface area contributed by atoms with Crippen LogP contribution in [-0.4, -0.2) is 24.2 Å². The van der Waals surface area contributed by atoms with Gasteiger partial charge in [-0.25, -0.2) is 0 Å². The summed E-state index contributed by atoms with van der Waals surface area (Å²) in [7, 11) is -3.67. The van der Waals surface area contributed by atoms with E-state index >= 15 is 0 Å². The highest BCUT2D eigenvalue weighted by atomic mass is 31.2. The third-order valence-corrected chi connectivity index (χ3v) is 3.80. The minimum atomic E-state index is -3.67. The highest BCUT2D eigenvalue weighted by Gasteiger charge is 2.29. The Kier molecular flexibility index (Phi) is 3.22. The van der Waals surface area contributed by atoms with Crippen molar-refractivity contribution in [3.05, 3.63) is 30.3 Å². The lowest BCUT2D eigenvalue weighted by molar-refractivity contribution is 0.133. The highest BCUT2D eigenvalue weighted by molar-refractivity contribution is 7.61. The Morgan fingerprint density at radius 1 is 1.40 bits per heavy atom. The first-order valence-electron chi connectivity index (χ1n) is 4.83. The standard InChI is InChI=1S/C10H13O4P/c11-15(12,10-4-2-1-3-5-10)14-9-6-7-13-8-9/h1-5,9H,6-8H2,(H,11,12). The van der Waals surface area contributed by atoms with Crippen LogP contribution in [0.2, 0.25) is 0 Å². The van der Waals surface area contributed by atoms with Gasteiger partial charge in [0.2, 0.25) is 0 Å². The van der Waals surface area contributed by atoms with E-state index in [0.717, 1.165) is 0 Å². The van der Waals surface area contributed by atoms with Gasteiger partial charge in [0.25, 0.3) is 0 Å². The topological polar surface area (TPSA) is 55.8 Å². The summed E-state index contributed by atoms with van der Waals surface area (Å²) in [4.78, 5) is 9.72. The molecule has 0 aromatic heterocycles. The molecule has 1 aliphatic heterocycles. The lowest BCUT2D eigenvalue weighted by atomic mass is 10.3. The number of benzene rings is 1. The normalized spacial score (nSPS) is 25.0. The summed E-state index contributed by atoms with van der Waals surface area (Å²) in [5.74, 6) is 0. The van der Waals surface area contributed by atoms with E-state index in [0.29, 0.717) is 24.9 Å². The first kappa shape index (κ1) is 10.8. The van der Waals surface area contributed by atoms with E-state index in [1.807, 2.05) is 0 Å². The van der Waals surface area contributed by atoms with E-state index in [2.05, 4.69) is 0 Å². The average Bonchev–Trinajstić information content (AvgIpc) is 2.71. The third kappa shape index (κ3) is 2.67. The van der Waals surface area contributed by atoms with Gasteiger partial charge in [0.15, 0.2) is 0 Å². The van der Waals surface area contributed by atoms with Crippen molar-refractivity contribution in [2.75, 3.05) is 13.2 Å². The van der Waals surface area contributed by atoms with Crippen LogP contribution >= 0.6 is 7.60 Å². The van der Waals surface area contributed by atoms with Crippen LogP contribution in [0.5, 0.6) is 0 Å². The molecule has 0 radical (unpaired) electrons. The molecule has 5 heteroatoms. The summed E-state index contributed by atoms with van der Waals surface area (Å²) in [6.07, 6.45) is 0.415. The van der Waals surface area contributed by atoms with Crippen LogP contribution in [0, 0.1) is 0 Å². The fraction of sp³-hybridized carbons (Fsp3) is 0.400. The zero-order valence-corrected chi connectivity index (χ0v) is 9.10. The van der Waals surface area contributed by atoms with Gasteiger partial charge in [0, 0.05) is 6.61 Å². The molecule has 1 N–H and O–H groups in total. The molecule has 1 aromatic carbocycles. The summed E-state index contributed by atoms with van der Waals surface area (Å²) in [6.45, 7) is 0.997. The molecule has 0 aliphatic carbocycles. The summed E-state index contributed by atoms with van der Waals surface area (Å²) in [5.41, 5.74) is 0. The van der Waals surface area contributed by atoms with Gasteiger partial charge < -0.3 is 9.63 Å². The SMILES string of the molecule is O=P(O)(OC1CCOC1)c1ccccc1. The van der Waals surface area contributed by atoms with Crippen LogP contribution in [0.4, 0.5) is 0 Å². The van der Waals surface area contributed by atoms with Gasteiger partial charge in [-0.1, -0.05) is 18.2 Å². The van der Waals surface area contributed by atoms with E-state index in [1.54, 1.807) is 30.3 Å². The summed E-state index contributed by atoms with van der Waals surface area (Å²) >= 11 is 0. The second kappa shape index (κ2) is 4.45. The second-order valence-electron chi connectivity index (χ2n) is 3.45. The molecule has 1 heterocycles. The zero-order valence-electron chi connectivity index (χ0n) is 8.20. The van der Waals surface area contributed by atoms with Gasteiger partial charge in [0.05, 0.1) is 18.0 Å². The summed E-state index contributed by atoms with van der Waals surface area (Å²) < 4.78 is 22.1. The number of ether oxygens (including phenoxy) is 1. The molecule has 1 saturated heterocycles. The first-order valence-corrected chi connectivity index (χ1v) is 6.41. The molecule has 0 bridgehead atoms. The maximum atomic E-state index is 11.8. The molecule has 2 unspecified atom stereocenters. The van der Waals surface area contributed by atoms with Gasteiger partial charge in [-0.05, 0) is 18.6 Å². The van der Waals surface area contributed by atoms with Crippen molar-refractivity contribution in [2.24, 2.45) is 0 Å². The van der Waals surface area contributed by atoms with Gasteiger partial charge in [0.1, 0.15) is 0 Å². The van der Waals surface area contributed by atoms with Crippen molar-refractivity contribution < 1.29 is 18.7 Å². The van der Waals surface area contributed by atoms with Crippen molar-refractivity contribution in [2.45, 2.75) is 12.5 Å². The van der Waals surface area contributed by atoms with E-state index < -0.39 is 7.60 Å². The fourth-order valence-electron chi connectivity index (χ4n) is 1.48. The third-order valence-electron chi connectivity index (χ3n) is 2.26. The molecule has 1 aliphatic rings. The first-order chi connectivity index (χ1) is 7.18. The molecular formula is C10H13O4P. The predicted octanol–water partition coefficient (Wildman–Crippen LogP) is 1.30. The van der Waals surface area contributed by atoms with Gasteiger partial charge in [-0.15, -0.1) is 0 Å². The van der Waals surface area contributed by atoms with Gasteiger partial charge in [-0.2, -0.15) is 0 Å². The molecular weight excluding hydrogens is 215 g/mol. The van der Waals surface area contributed by atoms with Crippen molar-refractivity contribution in [1.29, 1.82) is 0 Å². The van der Waals surface area contributed by atoms with Crippen LogP contribution in [0.1, 0.15) is 6.42 Å². The molecule has 1 fully saturated rings. The van der Waals surface area contributed by atoms with Crippen molar-refractivity contribution in [1.82, 2.24) is 0 Å². The minimum absolute atomic E-state index is 0.263. The van der Waals surface area contributed by atoms with E-state index in [4.69, 9.17) is 9.26 Å². The second-order valence-corrected chi connectivity index (χ2v) is 5.22. The van der Waals surface area contributed by atoms with Crippen LogP contribution < -0.4 is 5.30 Å². The summed E-state index contributed by atoms with van der Waals surface area (Å²) in [6, 6.07) is 8.41. The van der Waals surface area contributed by atoms with Crippen molar-refractivity contribution in [3.63, 3.8) is 0 Å². The molecule has 1 aromatic rings. The molecule has 82 valence electrons. The van der Waals surface area contributed by atoms with Crippen molar-refractivity contribution in [3.8, 4) is 0 Å². The van der Waals surface area contributed by atoms with Gasteiger partial charge >= 0.3 is 7.60 Å². The Bertz CT molecular complexity index is 359. The Balaban J connectivity index is 2.09. The maximum Gasteiger partial charge on any atom is 0.359 e. The number of rotatable bonds is 3. The molecule has 4 nitrogen and oxygen atoms in total. The molecule has 2 rings (SSSR count). The Hall–Kier alpha value is -0.670. The minimum Gasteiger partial charge on any atom is -0.379 e. The van der Waals surface area contributed by atoms with E-state index in [-0.39, 0.29) is 6.10 Å². The number of hydrogen-bond donors (Lipinski definition) is 1. The van der Waals surface area contributed by atoms with Crippen LogP contribution in [-0.2, 0) is 13.8 Å². The monoisotopic (exact) mass is 228 g/mol.